The highest BCUT2D eigenvalue weighted by Gasteiger charge is 2.29. The molecule has 0 unspecified atom stereocenters. The van der Waals surface area contributed by atoms with E-state index in [0.717, 1.165) is 28.6 Å². The summed E-state index contributed by atoms with van der Waals surface area (Å²) in [5.41, 5.74) is 9.76. The highest BCUT2D eigenvalue weighted by molar-refractivity contribution is 6.05. The van der Waals surface area contributed by atoms with Crippen molar-refractivity contribution in [1.82, 2.24) is 14.9 Å². The predicted octanol–water partition coefficient (Wildman–Crippen LogP) is 1.38. The third kappa shape index (κ3) is 2.34. The zero-order valence-electron chi connectivity index (χ0n) is 12.7. The summed E-state index contributed by atoms with van der Waals surface area (Å²) in [5.74, 6) is -0.379. The number of benzene rings is 1. The number of fused-ring (bicyclic) bond motifs is 3. The van der Waals surface area contributed by atoms with Crippen LogP contribution in [0.1, 0.15) is 11.1 Å². The van der Waals surface area contributed by atoms with Gasteiger partial charge in [0, 0.05) is 23.7 Å². The maximum Gasteiger partial charge on any atom is 0.248 e. The van der Waals surface area contributed by atoms with Gasteiger partial charge >= 0.3 is 0 Å². The molecule has 24 heavy (non-hydrogen) atoms. The molecule has 1 amide bonds. The van der Waals surface area contributed by atoms with Crippen LogP contribution in [0.15, 0.2) is 41.7 Å². The lowest BCUT2D eigenvalue weighted by Gasteiger charge is -2.31. The normalized spacial score (nSPS) is 16.7. The largest absolute Gasteiger partial charge is 0.384 e. The van der Waals surface area contributed by atoms with Crippen molar-refractivity contribution in [1.29, 1.82) is 0 Å². The predicted molar refractivity (Wildman–Crippen MR) is 87.3 cm³/mol. The Kier molecular flexibility index (Phi) is 3.34. The lowest BCUT2D eigenvalue weighted by atomic mass is 9.90. The molecule has 0 radical (unpaired) electrons. The highest BCUT2D eigenvalue weighted by atomic mass is 19.1. The Morgan fingerprint density at radius 2 is 2.04 bits per heavy atom. The molecule has 4 rings (SSSR count). The molecule has 3 heterocycles. The van der Waals surface area contributed by atoms with E-state index in [1.807, 2.05) is 18.2 Å². The van der Waals surface area contributed by atoms with Crippen LogP contribution in [-0.4, -0.2) is 39.7 Å². The van der Waals surface area contributed by atoms with Gasteiger partial charge < -0.3 is 10.6 Å². The molecule has 0 spiro atoms. The second-order valence-electron chi connectivity index (χ2n) is 5.62. The quantitative estimate of drug-likeness (QED) is 0.859. The molecule has 1 aromatic heterocycles. The fraction of sp³-hybridized carbons (Fsp3) is 0.176. The second kappa shape index (κ2) is 5.52. The number of carbonyl (C=O) groups is 1. The van der Waals surface area contributed by atoms with Gasteiger partial charge in [0.15, 0.2) is 0 Å². The fourth-order valence-corrected chi connectivity index (χ4v) is 3.14. The minimum Gasteiger partial charge on any atom is -0.384 e. The van der Waals surface area contributed by atoms with Gasteiger partial charge in [0.05, 0.1) is 23.8 Å². The van der Waals surface area contributed by atoms with Crippen molar-refractivity contribution in [3.8, 4) is 11.3 Å². The van der Waals surface area contributed by atoms with E-state index in [4.69, 9.17) is 5.73 Å². The minimum atomic E-state index is -0.622. The van der Waals surface area contributed by atoms with Crippen LogP contribution >= 0.6 is 0 Å². The van der Waals surface area contributed by atoms with Crippen LogP contribution in [-0.2, 0) is 11.2 Å². The highest BCUT2D eigenvalue weighted by Crippen LogP contribution is 2.35. The van der Waals surface area contributed by atoms with E-state index in [2.05, 4.69) is 15.0 Å². The number of nitrogens with zero attached hydrogens (tertiary/aromatic N) is 4. The molecule has 120 valence electrons. The van der Waals surface area contributed by atoms with Crippen molar-refractivity contribution in [2.45, 2.75) is 6.42 Å². The molecule has 0 saturated carbocycles. The lowest BCUT2D eigenvalue weighted by molar-refractivity contribution is -0.126. The van der Waals surface area contributed by atoms with Crippen molar-refractivity contribution in [2.75, 3.05) is 13.1 Å². The number of amides is 1. The molecule has 2 aliphatic rings. The average Bonchev–Trinajstić information content (AvgIpc) is 2.73. The van der Waals surface area contributed by atoms with E-state index in [9.17, 15) is 9.18 Å². The molecule has 7 heteroatoms. The number of amidine groups is 1. The maximum absolute atomic E-state index is 13.4. The van der Waals surface area contributed by atoms with Gasteiger partial charge in [-0.05, 0) is 12.0 Å². The van der Waals surface area contributed by atoms with Gasteiger partial charge in [-0.3, -0.25) is 14.8 Å². The first-order valence-corrected chi connectivity index (χ1v) is 7.55. The number of rotatable bonds is 1. The topological polar surface area (TPSA) is 84.5 Å². The van der Waals surface area contributed by atoms with E-state index in [0.29, 0.717) is 24.5 Å². The summed E-state index contributed by atoms with van der Waals surface area (Å²) in [6.45, 7) is 0.580. The number of hydrogen-bond donors (Lipinski definition) is 1. The lowest BCUT2D eigenvalue weighted by Crippen LogP contribution is -2.36. The molecule has 6 nitrogen and oxygen atoms in total. The molecule has 0 fully saturated rings. The third-order valence-corrected chi connectivity index (χ3v) is 4.19. The molecule has 2 N–H and O–H groups in total. The Balaban J connectivity index is 1.89. The summed E-state index contributed by atoms with van der Waals surface area (Å²) in [6, 6.07) is 5.66. The number of aromatic nitrogens is 2. The Morgan fingerprint density at radius 1 is 1.21 bits per heavy atom. The molecule has 2 aliphatic heterocycles. The van der Waals surface area contributed by atoms with E-state index in [1.165, 1.54) is 6.20 Å². The number of aliphatic imine (C=N–C) groups is 1. The Hall–Kier alpha value is -3.09. The SMILES string of the molecule is NC1=NCC(=O)N2CCc3c(cccc3-c3cncc(F)n3)C2=C1. The molecule has 0 atom stereocenters. The third-order valence-electron chi connectivity index (χ3n) is 4.19. The Morgan fingerprint density at radius 3 is 2.88 bits per heavy atom. The monoisotopic (exact) mass is 323 g/mol. The van der Waals surface area contributed by atoms with Crippen molar-refractivity contribution >= 4 is 17.4 Å². The van der Waals surface area contributed by atoms with Crippen LogP contribution in [0, 0.1) is 5.95 Å². The summed E-state index contributed by atoms with van der Waals surface area (Å²) < 4.78 is 13.4. The molecule has 2 aromatic rings. The van der Waals surface area contributed by atoms with E-state index in [-0.39, 0.29) is 12.5 Å². The van der Waals surface area contributed by atoms with Crippen LogP contribution in [0.5, 0.6) is 0 Å². The molecule has 1 aromatic carbocycles. The van der Waals surface area contributed by atoms with Crippen molar-refractivity contribution in [3.63, 3.8) is 0 Å². The molecule has 0 saturated heterocycles. The summed E-state index contributed by atoms with van der Waals surface area (Å²) in [6.07, 6.45) is 4.97. The smallest absolute Gasteiger partial charge is 0.248 e. The first-order chi connectivity index (χ1) is 11.6. The minimum absolute atomic E-state index is 0.0518. The summed E-state index contributed by atoms with van der Waals surface area (Å²) in [5, 5.41) is 0. The van der Waals surface area contributed by atoms with E-state index in [1.54, 1.807) is 11.0 Å². The van der Waals surface area contributed by atoms with Gasteiger partial charge in [0.25, 0.3) is 0 Å². The van der Waals surface area contributed by atoms with Gasteiger partial charge in [-0.1, -0.05) is 18.2 Å². The first kappa shape index (κ1) is 14.5. The van der Waals surface area contributed by atoms with E-state index < -0.39 is 5.95 Å². The molecular formula is C17H14FN5O. The van der Waals surface area contributed by atoms with Gasteiger partial charge in [-0.25, -0.2) is 4.98 Å². The van der Waals surface area contributed by atoms with Gasteiger partial charge in [-0.15, -0.1) is 0 Å². The zero-order valence-corrected chi connectivity index (χ0v) is 12.7. The Bertz CT molecular complexity index is 906. The number of halogens is 1. The van der Waals surface area contributed by atoms with Gasteiger partial charge in [-0.2, -0.15) is 4.39 Å². The Labute approximate surface area is 137 Å². The summed E-state index contributed by atoms with van der Waals surface area (Å²) >= 11 is 0. The maximum atomic E-state index is 13.4. The van der Waals surface area contributed by atoms with Crippen LogP contribution in [0.4, 0.5) is 4.39 Å². The number of carbonyl (C=O) groups excluding carboxylic acids is 1. The number of hydrogen-bond acceptors (Lipinski definition) is 5. The van der Waals surface area contributed by atoms with Gasteiger partial charge in [0.1, 0.15) is 12.4 Å². The van der Waals surface area contributed by atoms with Crippen molar-refractivity contribution < 1.29 is 9.18 Å². The average molecular weight is 323 g/mol. The van der Waals surface area contributed by atoms with Crippen molar-refractivity contribution in [3.05, 3.63) is 53.7 Å². The molecule has 0 aliphatic carbocycles. The molecule has 0 bridgehead atoms. The van der Waals surface area contributed by atoms with Crippen LogP contribution in [0.25, 0.3) is 17.0 Å². The first-order valence-electron chi connectivity index (χ1n) is 7.55. The fourth-order valence-electron chi connectivity index (χ4n) is 3.14. The second-order valence-corrected chi connectivity index (χ2v) is 5.62. The summed E-state index contributed by atoms with van der Waals surface area (Å²) in [4.78, 5) is 25.8. The van der Waals surface area contributed by atoms with Crippen LogP contribution in [0.3, 0.4) is 0 Å². The van der Waals surface area contributed by atoms with Crippen LogP contribution < -0.4 is 5.73 Å². The zero-order chi connectivity index (χ0) is 16.7. The van der Waals surface area contributed by atoms with Crippen LogP contribution in [0.2, 0.25) is 0 Å². The van der Waals surface area contributed by atoms with E-state index >= 15 is 0 Å². The summed E-state index contributed by atoms with van der Waals surface area (Å²) in [7, 11) is 0. The van der Waals surface area contributed by atoms with Crippen molar-refractivity contribution in [2.24, 2.45) is 10.7 Å². The number of nitrogens with two attached hydrogens (primary N) is 1. The standard InChI is InChI=1S/C17H14FN5O/c18-15-8-20-7-13(22-15)11-2-1-3-12-10(11)4-5-23-14(12)6-16(19)21-9-17(23)24/h1-3,6-8H,4-5,9H2,(H2,19,21). The van der Waals surface area contributed by atoms with Gasteiger partial charge in [0.2, 0.25) is 11.9 Å². The molecular weight excluding hydrogens is 309 g/mol.